The number of hydrogen-bond acceptors (Lipinski definition) is 2. The fraction of sp³-hybridized carbons (Fsp3) is 0.294. The standard InChI is InChI=1S/C17H20FNO2S/c1-3-14-7-9-15(10-8-14)12-19(2)22(20,21)13-16-5-4-6-17(18)11-16/h4-11H,3,12-13H2,1-2H3. The van der Waals surface area contributed by atoms with Crippen LogP contribution in [0, 0.1) is 5.82 Å². The Labute approximate surface area is 131 Å². The maximum absolute atomic E-state index is 13.2. The first-order valence-corrected chi connectivity index (χ1v) is 8.78. The van der Waals surface area contributed by atoms with Crippen LogP contribution in [0.4, 0.5) is 4.39 Å². The van der Waals surface area contributed by atoms with Crippen LogP contribution in [-0.4, -0.2) is 19.8 Å². The molecule has 0 saturated heterocycles. The molecule has 2 aromatic rings. The van der Waals surface area contributed by atoms with E-state index < -0.39 is 15.8 Å². The molecular weight excluding hydrogens is 301 g/mol. The normalized spacial score (nSPS) is 11.8. The molecule has 5 heteroatoms. The van der Waals surface area contributed by atoms with Gasteiger partial charge in [-0.3, -0.25) is 0 Å². The number of aryl methyl sites for hydroxylation is 1. The highest BCUT2D eigenvalue weighted by atomic mass is 32.2. The van der Waals surface area contributed by atoms with E-state index in [1.165, 1.54) is 28.1 Å². The minimum atomic E-state index is -3.48. The lowest BCUT2D eigenvalue weighted by Crippen LogP contribution is -2.27. The minimum Gasteiger partial charge on any atom is -0.212 e. The lowest BCUT2D eigenvalue weighted by molar-refractivity contribution is 0.466. The molecule has 22 heavy (non-hydrogen) atoms. The monoisotopic (exact) mass is 321 g/mol. The molecule has 0 fully saturated rings. The summed E-state index contributed by atoms with van der Waals surface area (Å²) in [6.45, 7) is 2.38. The van der Waals surface area contributed by atoms with Crippen molar-refractivity contribution in [1.29, 1.82) is 0 Å². The molecule has 0 radical (unpaired) electrons. The van der Waals surface area contributed by atoms with Gasteiger partial charge in [0.05, 0.1) is 5.75 Å². The van der Waals surface area contributed by atoms with Gasteiger partial charge in [-0.25, -0.2) is 17.1 Å². The molecule has 0 heterocycles. The number of benzene rings is 2. The molecule has 2 rings (SSSR count). The Kier molecular flexibility index (Phi) is 5.32. The number of halogens is 1. The van der Waals surface area contributed by atoms with Gasteiger partial charge in [-0.15, -0.1) is 0 Å². The third kappa shape index (κ3) is 4.39. The largest absolute Gasteiger partial charge is 0.218 e. The van der Waals surface area contributed by atoms with E-state index in [2.05, 4.69) is 6.92 Å². The van der Waals surface area contributed by atoms with Crippen molar-refractivity contribution in [2.45, 2.75) is 25.6 Å². The highest BCUT2D eigenvalue weighted by Gasteiger charge is 2.19. The predicted octanol–water partition coefficient (Wildman–Crippen LogP) is 3.35. The SMILES string of the molecule is CCc1ccc(CN(C)S(=O)(=O)Cc2cccc(F)c2)cc1. The van der Waals surface area contributed by atoms with Gasteiger partial charge in [-0.2, -0.15) is 0 Å². The Morgan fingerprint density at radius 1 is 1.00 bits per heavy atom. The topological polar surface area (TPSA) is 37.4 Å². The maximum Gasteiger partial charge on any atom is 0.218 e. The summed E-state index contributed by atoms with van der Waals surface area (Å²) in [4.78, 5) is 0. The molecule has 0 bridgehead atoms. The summed E-state index contributed by atoms with van der Waals surface area (Å²) in [7, 11) is -1.93. The molecule has 0 atom stereocenters. The van der Waals surface area contributed by atoms with Gasteiger partial charge in [-0.05, 0) is 35.2 Å². The van der Waals surface area contributed by atoms with Crippen molar-refractivity contribution in [3.05, 3.63) is 71.0 Å². The van der Waals surface area contributed by atoms with Gasteiger partial charge in [-0.1, -0.05) is 43.3 Å². The van der Waals surface area contributed by atoms with Crippen LogP contribution >= 0.6 is 0 Å². The van der Waals surface area contributed by atoms with Crippen molar-refractivity contribution in [3.8, 4) is 0 Å². The molecule has 0 aliphatic carbocycles. The Morgan fingerprint density at radius 2 is 1.64 bits per heavy atom. The van der Waals surface area contributed by atoms with Crippen molar-refractivity contribution in [2.75, 3.05) is 7.05 Å². The van der Waals surface area contributed by atoms with Crippen molar-refractivity contribution in [1.82, 2.24) is 4.31 Å². The van der Waals surface area contributed by atoms with E-state index in [4.69, 9.17) is 0 Å². The number of hydrogen-bond donors (Lipinski definition) is 0. The van der Waals surface area contributed by atoms with Gasteiger partial charge in [0, 0.05) is 13.6 Å². The van der Waals surface area contributed by atoms with Crippen LogP contribution in [0.2, 0.25) is 0 Å². The minimum absolute atomic E-state index is 0.200. The maximum atomic E-state index is 13.2. The fourth-order valence-corrected chi connectivity index (χ4v) is 3.35. The summed E-state index contributed by atoms with van der Waals surface area (Å²) in [6, 6.07) is 13.6. The lowest BCUT2D eigenvalue weighted by Gasteiger charge is -2.17. The molecule has 0 N–H and O–H groups in total. The van der Waals surface area contributed by atoms with Crippen LogP contribution in [0.3, 0.4) is 0 Å². The molecule has 118 valence electrons. The van der Waals surface area contributed by atoms with Gasteiger partial charge in [0.1, 0.15) is 5.82 Å². The Balaban J connectivity index is 2.07. The smallest absolute Gasteiger partial charge is 0.212 e. The van der Waals surface area contributed by atoms with Crippen LogP contribution in [-0.2, 0) is 28.7 Å². The zero-order valence-electron chi connectivity index (χ0n) is 12.8. The summed E-state index contributed by atoms with van der Waals surface area (Å²) in [5.41, 5.74) is 2.60. The lowest BCUT2D eigenvalue weighted by atomic mass is 10.1. The first kappa shape index (κ1) is 16.6. The van der Waals surface area contributed by atoms with Gasteiger partial charge < -0.3 is 0 Å². The van der Waals surface area contributed by atoms with E-state index in [9.17, 15) is 12.8 Å². The highest BCUT2D eigenvalue weighted by molar-refractivity contribution is 7.88. The Bertz CT molecular complexity index is 727. The zero-order chi connectivity index (χ0) is 16.2. The number of rotatable bonds is 6. The first-order chi connectivity index (χ1) is 10.4. The predicted molar refractivity (Wildman–Crippen MR) is 86.3 cm³/mol. The van der Waals surface area contributed by atoms with E-state index in [1.54, 1.807) is 13.1 Å². The Morgan fingerprint density at radius 3 is 2.23 bits per heavy atom. The molecule has 0 amide bonds. The Hall–Kier alpha value is -1.72. The van der Waals surface area contributed by atoms with E-state index in [0.29, 0.717) is 12.1 Å². The van der Waals surface area contributed by atoms with Crippen LogP contribution < -0.4 is 0 Å². The molecule has 0 aromatic heterocycles. The van der Waals surface area contributed by atoms with E-state index in [1.807, 2.05) is 24.3 Å². The van der Waals surface area contributed by atoms with Crippen molar-refractivity contribution in [3.63, 3.8) is 0 Å². The van der Waals surface area contributed by atoms with Crippen LogP contribution in [0.1, 0.15) is 23.6 Å². The van der Waals surface area contributed by atoms with Crippen molar-refractivity contribution < 1.29 is 12.8 Å². The number of sulfonamides is 1. The average molecular weight is 321 g/mol. The first-order valence-electron chi connectivity index (χ1n) is 7.17. The van der Waals surface area contributed by atoms with E-state index >= 15 is 0 Å². The molecule has 0 aliphatic heterocycles. The van der Waals surface area contributed by atoms with Gasteiger partial charge in [0.2, 0.25) is 10.0 Å². The molecule has 3 nitrogen and oxygen atoms in total. The van der Waals surface area contributed by atoms with Crippen molar-refractivity contribution in [2.24, 2.45) is 0 Å². The molecule has 0 spiro atoms. The molecule has 0 unspecified atom stereocenters. The van der Waals surface area contributed by atoms with Gasteiger partial charge in [0.25, 0.3) is 0 Å². The average Bonchev–Trinajstić information content (AvgIpc) is 2.47. The summed E-state index contributed by atoms with van der Waals surface area (Å²) in [5, 5.41) is 0. The second-order valence-electron chi connectivity index (χ2n) is 5.31. The van der Waals surface area contributed by atoms with Crippen LogP contribution in [0.25, 0.3) is 0 Å². The van der Waals surface area contributed by atoms with Crippen molar-refractivity contribution >= 4 is 10.0 Å². The third-order valence-electron chi connectivity index (χ3n) is 3.55. The third-order valence-corrected chi connectivity index (χ3v) is 5.33. The van der Waals surface area contributed by atoms with Gasteiger partial charge in [0.15, 0.2) is 0 Å². The zero-order valence-corrected chi connectivity index (χ0v) is 13.6. The highest BCUT2D eigenvalue weighted by Crippen LogP contribution is 2.14. The second kappa shape index (κ2) is 7.03. The second-order valence-corrected chi connectivity index (χ2v) is 7.39. The summed E-state index contributed by atoms with van der Waals surface area (Å²) in [5.74, 6) is -0.626. The van der Waals surface area contributed by atoms with Crippen LogP contribution in [0.5, 0.6) is 0 Å². The van der Waals surface area contributed by atoms with Crippen LogP contribution in [0.15, 0.2) is 48.5 Å². The van der Waals surface area contributed by atoms with Gasteiger partial charge >= 0.3 is 0 Å². The fourth-order valence-electron chi connectivity index (χ4n) is 2.18. The quantitative estimate of drug-likeness (QED) is 0.818. The van der Waals surface area contributed by atoms with E-state index in [-0.39, 0.29) is 5.75 Å². The number of nitrogens with zero attached hydrogens (tertiary/aromatic N) is 1. The van der Waals surface area contributed by atoms with E-state index in [0.717, 1.165) is 12.0 Å². The summed E-state index contributed by atoms with van der Waals surface area (Å²) in [6.07, 6.45) is 0.952. The molecular formula is C17H20FNO2S. The summed E-state index contributed by atoms with van der Waals surface area (Å²) < 4.78 is 39.1. The summed E-state index contributed by atoms with van der Waals surface area (Å²) >= 11 is 0. The molecule has 2 aromatic carbocycles. The molecule has 0 aliphatic rings. The molecule has 0 saturated carbocycles.